The average Bonchev–Trinajstić information content (AvgIpc) is 3.06. The zero-order valence-corrected chi connectivity index (χ0v) is 12.7. The molecule has 1 aliphatic heterocycles. The van der Waals surface area contributed by atoms with Crippen molar-refractivity contribution < 1.29 is 4.79 Å². The van der Waals surface area contributed by atoms with Crippen LogP contribution in [0.5, 0.6) is 0 Å². The Balaban J connectivity index is 1.66. The van der Waals surface area contributed by atoms with Crippen molar-refractivity contribution in [1.82, 2.24) is 0 Å². The zero-order chi connectivity index (χ0) is 14.6. The van der Waals surface area contributed by atoms with Crippen LogP contribution in [0.3, 0.4) is 0 Å². The molecule has 0 spiro atoms. The molecular formula is C18H24N2O. The smallest absolute Gasteiger partial charge is 0.231 e. The summed E-state index contributed by atoms with van der Waals surface area (Å²) >= 11 is 0. The van der Waals surface area contributed by atoms with E-state index in [0.29, 0.717) is 17.8 Å². The summed E-state index contributed by atoms with van der Waals surface area (Å²) in [6.45, 7) is 3.08. The van der Waals surface area contributed by atoms with Crippen LogP contribution in [0.2, 0.25) is 0 Å². The molecule has 2 bridgehead atoms. The Kier molecular flexibility index (Phi) is 3.07. The Hall–Kier alpha value is -1.35. The molecule has 3 nitrogen and oxygen atoms in total. The van der Waals surface area contributed by atoms with Gasteiger partial charge in [0, 0.05) is 18.3 Å². The normalized spacial score (nSPS) is 37.6. The van der Waals surface area contributed by atoms with Crippen LogP contribution < -0.4 is 10.6 Å². The SMILES string of the molecule is CC1Cc2ccccc2N(C(=O)C2C3CCC(C3)C2N)C1. The fraction of sp³-hybridized carbons (Fsp3) is 0.611. The molecule has 1 aromatic carbocycles. The van der Waals surface area contributed by atoms with Gasteiger partial charge < -0.3 is 10.6 Å². The van der Waals surface area contributed by atoms with E-state index in [-0.39, 0.29) is 17.9 Å². The van der Waals surface area contributed by atoms with E-state index >= 15 is 0 Å². The first-order chi connectivity index (χ1) is 10.1. The highest BCUT2D eigenvalue weighted by Gasteiger charge is 2.50. The minimum absolute atomic E-state index is 0.0575. The number of anilines is 1. The molecule has 1 amide bonds. The number of para-hydroxylation sites is 1. The van der Waals surface area contributed by atoms with Gasteiger partial charge in [0.1, 0.15) is 0 Å². The molecule has 3 aliphatic rings. The number of hydrogen-bond acceptors (Lipinski definition) is 2. The van der Waals surface area contributed by atoms with Crippen molar-refractivity contribution in [3.05, 3.63) is 29.8 Å². The summed E-state index contributed by atoms with van der Waals surface area (Å²) in [4.78, 5) is 15.2. The van der Waals surface area contributed by atoms with Crippen LogP contribution in [0.15, 0.2) is 24.3 Å². The Bertz CT molecular complexity index is 568. The van der Waals surface area contributed by atoms with E-state index in [1.807, 2.05) is 11.0 Å². The van der Waals surface area contributed by atoms with Crippen LogP contribution >= 0.6 is 0 Å². The maximum absolute atomic E-state index is 13.2. The molecule has 3 heteroatoms. The van der Waals surface area contributed by atoms with Gasteiger partial charge in [0.2, 0.25) is 5.91 Å². The molecule has 4 rings (SSSR count). The van der Waals surface area contributed by atoms with Crippen molar-refractivity contribution in [2.75, 3.05) is 11.4 Å². The third-order valence-corrected chi connectivity index (χ3v) is 5.88. The van der Waals surface area contributed by atoms with Gasteiger partial charge in [0.25, 0.3) is 0 Å². The molecule has 5 unspecified atom stereocenters. The van der Waals surface area contributed by atoms with Crippen LogP contribution in [0.4, 0.5) is 5.69 Å². The van der Waals surface area contributed by atoms with Crippen LogP contribution in [-0.4, -0.2) is 18.5 Å². The molecule has 0 aromatic heterocycles. The van der Waals surface area contributed by atoms with Crippen molar-refractivity contribution in [3.63, 3.8) is 0 Å². The minimum Gasteiger partial charge on any atom is -0.327 e. The molecule has 5 atom stereocenters. The van der Waals surface area contributed by atoms with Crippen molar-refractivity contribution in [3.8, 4) is 0 Å². The second kappa shape index (κ2) is 4.84. The summed E-state index contributed by atoms with van der Waals surface area (Å²) in [5.41, 5.74) is 8.81. The van der Waals surface area contributed by atoms with Gasteiger partial charge in [-0.25, -0.2) is 0 Å². The van der Waals surface area contributed by atoms with Crippen LogP contribution in [0, 0.1) is 23.7 Å². The molecule has 0 radical (unpaired) electrons. The molecule has 2 N–H and O–H groups in total. The first-order valence-electron chi connectivity index (χ1n) is 8.30. The highest BCUT2D eigenvalue weighted by atomic mass is 16.2. The number of amides is 1. The molecule has 1 aromatic rings. The van der Waals surface area contributed by atoms with E-state index in [0.717, 1.165) is 18.7 Å². The van der Waals surface area contributed by atoms with E-state index in [4.69, 9.17) is 5.73 Å². The Morgan fingerprint density at radius 1 is 1.24 bits per heavy atom. The van der Waals surface area contributed by atoms with Gasteiger partial charge in [-0.1, -0.05) is 25.1 Å². The fourth-order valence-electron chi connectivity index (χ4n) is 4.89. The number of rotatable bonds is 1. The molecular weight excluding hydrogens is 260 g/mol. The van der Waals surface area contributed by atoms with Gasteiger partial charge in [-0.15, -0.1) is 0 Å². The zero-order valence-electron chi connectivity index (χ0n) is 12.7. The number of fused-ring (bicyclic) bond motifs is 3. The first kappa shape index (κ1) is 13.3. The lowest BCUT2D eigenvalue weighted by molar-refractivity contribution is -0.124. The molecule has 2 aliphatic carbocycles. The number of hydrogen-bond donors (Lipinski definition) is 1. The quantitative estimate of drug-likeness (QED) is 0.861. The van der Waals surface area contributed by atoms with E-state index in [1.54, 1.807) is 0 Å². The largest absolute Gasteiger partial charge is 0.327 e. The van der Waals surface area contributed by atoms with Gasteiger partial charge in [-0.3, -0.25) is 4.79 Å². The fourth-order valence-corrected chi connectivity index (χ4v) is 4.89. The van der Waals surface area contributed by atoms with Crippen molar-refractivity contribution in [2.24, 2.45) is 29.4 Å². The third-order valence-electron chi connectivity index (χ3n) is 5.88. The van der Waals surface area contributed by atoms with Crippen molar-refractivity contribution in [1.29, 1.82) is 0 Å². The van der Waals surface area contributed by atoms with Gasteiger partial charge in [0.05, 0.1) is 5.92 Å². The summed E-state index contributed by atoms with van der Waals surface area (Å²) in [7, 11) is 0. The second-order valence-corrected chi connectivity index (χ2v) is 7.32. The van der Waals surface area contributed by atoms with Gasteiger partial charge >= 0.3 is 0 Å². The van der Waals surface area contributed by atoms with Crippen molar-refractivity contribution in [2.45, 2.75) is 38.6 Å². The second-order valence-electron chi connectivity index (χ2n) is 7.32. The highest BCUT2D eigenvalue weighted by molar-refractivity contribution is 5.97. The van der Waals surface area contributed by atoms with Crippen LogP contribution in [0.1, 0.15) is 31.7 Å². The van der Waals surface area contributed by atoms with E-state index in [9.17, 15) is 4.79 Å². The van der Waals surface area contributed by atoms with E-state index in [2.05, 4.69) is 25.1 Å². The Morgan fingerprint density at radius 3 is 2.76 bits per heavy atom. The Labute approximate surface area is 126 Å². The van der Waals surface area contributed by atoms with Gasteiger partial charge in [-0.2, -0.15) is 0 Å². The van der Waals surface area contributed by atoms with E-state index in [1.165, 1.54) is 24.8 Å². The highest BCUT2D eigenvalue weighted by Crippen LogP contribution is 2.49. The van der Waals surface area contributed by atoms with Crippen LogP contribution in [-0.2, 0) is 11.2 Å². The summed E-state index contributed by atoms with van der Waals surface area (Å²) in [5.74, 6) is 1.98. The topological polar surface area (TPSA) is 46.3 Å². The molecule has 2 saturated carbocycles. The lowest BCUT2D eigenvalue weighted by Crippen LogP contribution is -2.49. The average molecular weight is 284 g/mol. The number of carbonyl (C=O) groups excluding carboxylic acids is 1. The minimum atomic E-state index is 0.0575. The van der Waals surface area contributed by atoms with Gasteiger partial charge in [-0.05, 0) is 55.1 Å². The number of carbonyl (C=O) groups is 1. The molecule has 2 fully saturated rings. The Morgan fingerprint density at radius 2 is 2.00 bits per heavy atom. The first-order valence-corrected chi connectivity index (χ1v) is 8.30. The third kappa shape index (κ3) is 2.02. The lowest BCUT2D eigenvalue weighted by Gasteiger charge is -2.37. The monoisotopic (exact) mass is 284 g/mol. The lowest BCUT2D eigenvalue weighted by atomic mass is 9.83. The number of benzene rings is 1. The summed E-state index contributed by atoms with van der Waals surface area (Å²) in [5, 5.41) is 0. The molecule has 21 heavy (non-hydrogen) atoms. The maximum atomic E-state index is 13.2. The van der Waals surface area contributed by atoms with Crippen molar-refractivity contribution >= 4 is 11.6 Å². The van der Waals surface area contributed by atoms with Gasteiger partial charge in [0.15, 0.2) is 0 Å². The summed E-state index contributed by atoms with van der Waals surface area (Å²) in [6, 6.07) is 8.45. The maximum Gasteiger partial charge on any atom is 0.231 e. The predicted molar refractivity (Wildman–Crippen MR) is 84.0 cm³/mol. The van der Waals surface area contributed by atoms with E-state index < -0.39 is 0 Å². The molecule has 112 valence electrons. The van der Waals surface area contributed by atoms with Crippen LogP contribution in [0.25, 0.3) is 0 Å². The molecule has 0 saturated heterocycles. The number of nitrogens with two attached hydrogens (primary N) is 1. The predicted octanol–water partition coefficient (Wildman–Crippen LogP) is 2.59. The number of nitrogens with zero attached hydrogens (tertiary/aromatic N) is 1. The summed E-state index contributed by atoms with van der Waals surface area (Å²) < 4.78 is 0. The molecule has 1 heterocycles. The standard InChI is InChI=1S/C18H24N2O/c1-11-8-12-4-2-3-5-15(12)20(10-11)18(21)16-13-6-7-14(9-13)17(16)19/h2-5,11,13-14,16-17H,6-10,19H2,1H3. The summed E-state index contributed by atoms with van der Waals surface area (Å²) in [6.07, 6.45) is 4.66.